The van der Waals surface area contributed by atoms with Crippen molar-refractivity contribution in [2.45, 2.75) is 12.8 Å². The zero-order valence-electron chi connectivity index (χ0n) is 8.76. The summed E-state index contributed by atoms with van der Waals surface area (Å²) in [4.78, 5) is 13.0. The lowest BCUT2D eigenvalue weighted by Gasteiger charge is -2.15. The molecule has 0 heterocycles. The Morgan fingerprint density at radius 1 is 1.50 bits per heavy atom. The minimum atomic E-state index is -0.103. The second-order valence-corrected chi connectivity index (χ2v) is 3.57. The molecular weight excluding hydrogens is 200 g/mol. The molecule has 0 aliphatic rings. The zero-order chi connectivity index (χ0) is 10.8. The maximum absolute atomic E-state index is 10.8. The van der Waals surface area contributed by atoms with Crippen LogP contribution in [0.4, 0.5) is 0 Å². The summed E-state index contributed by atoms with van der Waals surface area (Å²) in [7, 11) is 2.06. The second-order valence-electron chi connectivity index (χ2n) is 3.19. The van der Waals surface area contributed by atoms with Crippen LogP contribution in [0.15, 0.2) is 12.7 Å². The lowest BCUT2D eigenvalue weighted by atomic mass is 10.3. The summed E-state index contributed by atoms with van der Waals surface area (Å²) in [5, 5.41) is 2.73. The van der Waals surface area contributed by atoms with Crippen LogP contribution in [0.5, 0.6) is 0 Å². The summed E-state index contributed by atoms with van der Waals surface area (Å²) in [6.07, 6.45) is 3.26. The van der Waals surface area contributed by atoms with Gasteiger partial charge in [-0.25, -0.2) is 0 Å². The predicted octanol–water partition coefficient (Wildman–Crippen LogP) is 1.24. The molecule has 0 rings (SSSR count). The number of carbonyl (C=O) groups excluding carboxylic acids is 1. The molecule has 0 atom stereocenters. The number of halogens is 1. The molecule has 1 amide bonds. The molecule has 0 aromatic rings. The number of carbonyl (C=O) groups is 1. The summed E-state index contributed by atoms with van der Waals surface area (Å²) >= 11 is 5.57. The van der Waals surface area contributed by atoms with E-state index in [0.29, 0.717) is 12.4 Å². The zero-order valence-corrected chi connectivity index (χ0v) is 9.52. The molecule has 82 valence electrons. The molecule has 0 aliphatic carbocycles. The molecule has 0 spiro atoms. The van der Waals surface area contributed by atoms with Crippen LogP contribution in [0.2, 0.25) is 0 Å². The number of amides is 1. The van der Waals surface area contributed by atoms with Crippen LogP contribution in [0, 0.1) is 0 Å². The first kappa shape index (κ1) is 13.5. The molecule has 0 aromatic carbocycles. The fourth-order valence-corrected chi connectivity index (χ4v) is 1.19. The van der Waals surface area contributed by atoms with E-state index in [4.69, 9.17) is 11.6 Å². The van der Waals surface area contributed by atoms with Gasteiger partial charge in [0.2, 0.25) is 5.91 Å². The first-order chi connectivity index (χ1) is 6.70. The van der Waals surface area contributed by atoms with Crippen molar-refractivity contribution in [1.29, 1.82) is 0 Å². The summed E-state index contributed by atoms with van der Waals surface area (Å²) in [6.45, 7) is 6.08. The number of hydrogen-bond acceptors (Lipinski definition) is 2. The van der Waals surface area contributed by atoms with Crippen molar-refractivity contribution in [2.75, 3.05) is 32.6 Å². The second kappa shape index (κ2) is 9.03. The van der Waals surface area contributed by atoms with Crippen LogP contribution < -0.4 is 5.32 Å². The molecular formula is C10H19ClN2O. The average Bonchev–Trinajstić information content (AvgIpc) is 2.21. The maximum Gasteiger partial charge on any atom is 0.243 e. The van der Waals surface area contributed by atoms with Crippen molar-refractivity contribution in [2.24, 2.45) is 0 Å². The summed E-state index contributed by atoms with van der Waals surface area (Å²) in [6, 6.07) is 0. The number of alkyl halides is 1. The van der Waals surface area contributed by atoms with Crippen molar-refractivity contribution in [1.82, 2.24) is 10.2 Å². The third-order valence-electron chi connectivity index (χ3n) is 1.87. The van der Waals surface area contributed by atoms with Gasteiger partial charge in [-0.2, -0.15) is 0 Å². The van der Waals surface area contributed by atoms with Crippen molar-refractivity contribution >= 4 is 17.5 Å². The lowest BCUT2D eigenvalue weighted by Crippen LogP contribution is -2.27. The molecule has 0 aliphatic heterocycles. The van der Waals surface area contributed by atoms with Gasteiger partial charge in [-0.15, -0.1) is 11.6 Å². The molecule has 14 heavy (non-hydrogen) atoms. The van der Waals surface area contributed by atoms with Crippen molar-refractivity contribution in [3.63, 3.8) is 0 Å². The van der Waals surface area contributed by atoms with E-state index in [0.717, 1.165) is 25.9 Å². The van der Waals surface area contributed by atoms with Gasteiger partial charge in [-0.1, -0.05) is 6.58 Å². The fraction of sp³-hybridized carbons (Fsp3) is 0.700. The van der Waals surface area contributed by atoms with Crippen LogP contribution in [0.25, 0.3) is 0 Å². The topological polar surface area (TPSA) is 32.3 Å². The van der Waals surface area contributed by atoms with Gasteiger partial charge in [0.25, 0.3) is 0 Å². The highest BCUT2D eigenvalue weighted by Crippen LogP contribution is 1.91. The van der Waals surface area contributed by atoms with Gasteiger partial charge in [-0.3, -0.25) is 4.79 Å². The van der Waals surface area contributed by atoms with E-state index >= 15 is 0 Å². The molecule has 0 saturated heterocycles. The van der Waals surface area contributed by atoms with Crippen LogP contribution >= 0.6 is 11.6 Å². The van der Waals surface area contributed by atoms with Gasteiger partial charge in [0.1, 0.15) is 0 Å². The fourth-order valence-electron chi connectivity index (χ4n) is 1.07. The minimum absolute atomic E-state index is 0.103. The number of hydrogen-bond donors (Lipinski definition) is 1. The molecule has 4 heteroatoms. The Morgan fingerprint density at radius 2 is 2.14 bits per heavy atom. The Bertz CT molecular complexity index is 174. The monoisotopic (exact) mass is 218 g/mol. The highest BCUT2D eigenvalue weighted by Gasteiger charge is 1.98. The predicted molar refractivity (Wildman–Crippen MR) is 60.7 cm³/mol. The van der Waals surface area contributed by atoms with Gasteiger partial charge in [-0.05, 0) is 39.1 Å². The Kier molecular flexibility index (Phi) is 8.68. The number of rotatable bonds is 8. The molecule has 1 N–H and O–H groups in total. The highest BCUT2D eigenvalue weighted by molar-refractivity contribution is 6.17. The standard InChI is InChI=1S/C10H19ClN2O/c1-3-10(14)12-7-5-9-13(2)8-4-6-11/h3H,1,4-9H2,2H3,(H,12,14). The molecule has 0 bridgehead atoms. The Balaban J connectivity index is 3.26. The van der Waals surface area contributed by atoms with Crippen LogP contribution in [-0.4, -0.2) is 43.4 Å². The summed E-state index contributed by atoms with van der Waals surface area (Å²) < 4.78 is 0. The first-order valence-electron chi connectivity index (χ1n) is 4.85. The minimum Gasteiger partial charge on any atom is -0.353 e. The van der Waals surface area contributed by atoms with Gasteiger partial charge >= 0.3 is 0 Å². The van der Waals surface area contributed by atoms with E-state index < -0.39 is 0 Å². The number of nitrogens with one attached hydrogen (secondary N) is 1. The van der Waals surface area contributed by atoms with Crippen LogP contribution in [0.1, 0.15) is 12.8 Å². The van der Waals surface area contributed by atoms with E-state index in [2.05, 4.69) is 23.8 Å². The molecule has 0 aromatic heterocycles. The van der Waals surface area contributed by atoms with E-state index in [1.54, 1.807) is 0 Å². The molecule has 0 radical (unpaired) electrons. The van der Waals surface area contributed by atoms with Crippen LogP contribution in [-0.2, 0) is 4.79 Å². The van der Waals surface area contributed by atoms with Crippen LogP contribution in [0.3, 0.4) is 0 Å². The van der Waals surface area contributed by atoms with E-state index in [9.17, 15) is 4.79 Å². The quantitative estimate of drug-likeness (QED) is 0.378. The summed E-state index contributed by atoms with van der Waals surface area (Å²) in [5.41, 5.74) is 0. The molecule has 0 saturated carbocycles. The normalized spacial score (nSPS) is 10.2. The third kappa shape index (κ3) is 8.08. The average molecular weight is 219 g/mol. The largest absolute Gasteiger partial charge is 0.353 e. The molecule has 0 fully saturated rings. The molecule has 0 unspecified atom stereocenters. The third-order valence-corrected chi connectivity index (χ3v) is 2.14. The van der Waals surface area contributed by atoms with Gasteiger partial charge in [0.15, 0.2) is 0 Å². The van der Waals surface area contributed by atoms with Crippen molar-refractivity contribution < 1.29 is 4.79 Å². The summed E-state index contributed by atoms with van der Waals surface area (Å²) in [5.74, 6) is 0.603. The molecule has 3 nitrogen and oxygen atoms in total. The maximum atomic E-state index is 10.8. The smallest absolute Gasteiger partial charge is 0.243 e. The van der Waals surface area contributed by atoms with Crippen molar-refractivity contribution in [3.05, 3.63) is 12.7 Å². The number of nitrogens with zero attached hydrogens (tertiary/aromatic N) is 1. The Labute approximate surface area is 91.1 Å². The lowest BCUT2D eigenvalue weighted by molar-refractivity contribution is -0.116. The van der Waals surface area contributed by atoms with E-state index in [1.165, 1.54) is 6.08 Å². The van der Waals surface area contributed by atoms with E-state index in [-0.39, 0.29) is 5.91 Å². The first-order valence-corrected chi connectivity index (χ1v) is 5.39. The Hall–Kier alpha value is -0.540. The highest BCUT2D eigenvalue weighted by atomic mass is 35.5. The van der Waals surface area contributed by atoms with Crippen molar-refractivity contribution in [3.8, 4) is 0 Å². The van der Waals surface area contributed by atoms with Gasteiger partial charge < -0.3 is 10.2 Å². The SMILES string of the molecule is C=CC(=O)NCCCN(C)CCCCl. The van der Waals surface area contributed by atoms with Gasteiger partial charge in [0.05, 0.1) is 0 Å². The van der Waals surface area contributed by atoms with Gasteiger partial charge in [0, 0.05) is 12.4 Å². The van der Waals surface area contributed by atoms with E-state index in [1.807, 2.05) is 0 Å². The Morgan fingerprint density at radius 3 is 2.71 bits per heavy atom.